The number of methoxy groups -OCH3 is 3. The van der Waals surface area contributed by atoms with Crippen LogP contribution in [-0.4, -0.2) is 27.3 Å². The van der Waals surface area contributed by atoms with Gasteiger partial charge in [-0.1, -0.05) is 60.7 Å². The van der Waals surface area contributed by atoms with E-state index in [1.165, 1.54) is 7.11 Å². The number of nitrogens with one attached hydrogen (secondary N) is 1. The fraction of sp³-hybridized carbons (Fsp3) is 0.182. The van der Waals surface area contributed by atoms with Crippen molar-refractivity contribution in [1.82, 2.24) is 0 Å². The highest BCUT2D eigenvalue weighted by atomic mass is 16.5. The van der Waals surface area contributed by atoms with E-state index in [1.807, 2.05) is 72.8 Å². The molecular weight excluding hydrogens is 488 g/mol. The second kappa shape index (κ2) is 11.8. The van der Waals surface area contributed by atoms with Gasteiger partial charge in [-0.15, -0.1) is 0 Å². The molecule has 4 aromatic carbocycles. The Labute approximate surface area is 229 Å². The number of hydrogen-bond acceptors (Lipinski definition) is 6. The molecule has 1 aliphatic rings. The number of nitrogens with zero attached hydrogens (tertiary/aromatic N) is 1. The lowest BCUT2D eigenvalue weighted by atomic mass is 9.84. The van der Waals surface area contributed by atoms with E-state index in [9.17, 15) is 4.79 Å². The predicted octanol–water partition coefficient (Wildman–Crippen LogP) is 6.94. The van der Waals surface area contributed by atoms with Crippen LogP contribution >= 0.6 is 0 Å². The van der Waals surface area contributed by atoms with Crippen molar-refractivity contribution < 1.29 is 19.0 Å². The van der Waals surface area contributed by atoms with Crippen LogP contribution in [0.4, 0.5) is 11.4 Å². The molecule has 4 aromatic rings. The molecule has 2 atom stereocenters. The number of carbonyl (C=O) groups is 1. The fourth-order valence-corrected chi connectivity index (χ4v) is 5.20. The molecule has 0 radical (unpaired) electrons. The van der Waals surface area contributed by atoms with E-state index in [4.69, 9.17) is 14.2 Å². The van der Waals surface area contributed by atoms with Crippen molar-refractivity contribution in [2.45, 2.75) is 18.5 Å². The second-order valence-corrected chi connectivity index (χ2v) is 9.29. The van der Waals surface area contributed by atoms with Crippen molar-refractivity contribution >= 4 is 17.3 Å². The maximum atomic E-state index is 13.6. The molecule has 1 heterocycles. The lowest BCUT2D eigenvalue weighted by Gasteiger charge is -2.46. The Hall–Kier alpha value is -4.71. The lowest BCUT2D eigenvalue weighted by molar-refractivity contribution is -0.136. The number of carbonyl (C=O) groups excluding carboxylic acids is 1. The number of ether oxygens (including phenoxy) is 3. The lowest BCUT2D eigenvalue weighted by Crippen LogP contribution is -2.41. The Bertz CT molecular complexity index is 1420. The minimum atomic E-state index is -0.410. The smallest absolute Gasteiger partial charge is 0.337 e. The van der Waals surface area contributed by atoms with Gasteiger partial charge in [0, 0.05) is 23.5 Å². The molecule has 6 heteroatoms. The van der Waals surface area contributed by atoms with Crippen molar-refractivity contribution in [2.24, 2.45) is 0 Å². The molecule has 5 rings (SSSR count). The van der Waals surface area contributed by atoms with Gasteiger partial charge in [0.05, 0.1) is 39.0 Å². The summed E-state index contributed by atoms with van der Waals surface area (Å²) in [6.07, 6.45) is 0.565. The normalized spacial score (nSPS) is 16.9. The average molecular weight is 521 g/mol. The molecule has 0 saturated carbocycles. The van der Waals surface area contributed by atoms with Gasteiger partial charge in [-0.3, -0.25) is 0 Å². The van der Waals surface area contributed by atoms with Crippen LogP contribution in [0.2, 0.25) is 0 Å². The first-order valence-corrected chi connectivity index (χ1v) is 12.9. The van der Waals surface area contributed by atoms with Crippen LogP contribution in [0.1, 0.15) is 29.6 Å². The molecule has 0 spiro atoms. The van der Waals surface area contributed by atoms with Gasteiger partial charge < -0.3 is 24.4 Å². The zero-order chi connectivity index (χ0) is 27.2. The molecule has 198 valence electrons. The van der Waals surface area contributed by atoms with Gasteiger partial charge in [-0.05, 0) is 59.7 Å². The zero-order valence-electron chi connectivity index (χ0n) is 22.3. The topological polar surface area (TPSA) is 60.0 Å². The van der Waals surface area contributed by atoms with Crippen LogP contribution in [0.15, 0.2) is 120 Å². The van der Waals surface area contributed by atoms with E-state index < -0.39 is 6.04 Å². The molecule has 0 saturated heterocycles. The SMILES string of the molecule is COC(=O)C1=C(Nc2ccc(OC)cc2)CC(c2ccccc2)N(c2ccc(OC)cc2)C1c1ccccc1. The first-order chi connectivity index (χ1) is 19.1. The number of rotatable bonds is 8. The Kier molecular flexibility index (Phi) is 7.83. The van der Waals surface area contributed by atoms with Gasteiger partial charge in [-0.25, -0.2) is 4.79 Å². The third kappa shape index (κ3) is 5.46. The van der Waals surface area contributed by atoms with E-state index in [1.54, 1.807) is 14.2 Å². The molecule has 1 N–H and O–H groups in total. The second-order valence-electron chi connectivity index (χ2n) is 9.29. The number of esters is 1. The monoisotopic (exact) mass is 520 g/mol. The zero-order valence-corrected chi connectivity index (χ0v) is 22.3. The van der Waals surface area contributed by atoms with Crippen LogP contribution in [0.25, 0.3) is 0 Å². The number of anilines is 2. The molecule has 0 bridgehead atoms. The van der Waals surface area contributed by atoms with Gasteiger partial charge in [0.1, 0.15) is 11.5 Å². The van der Waals surface area contributed by atoms with Crippen molar-refractivity contribution in [3.63, 3.8) is 0 Å². The summed E-state index contributed by atoms with van der Waals surface area (Å²) < 4.78 is 16.2. The van der Waals surface area contributed by atoms with Gasteiger partial charge in [0.15, 0.2) is 0 Å². The quantitative estimate of drug-likeness (QED) is 0.254. The summed E-state index contributed by atoms with van der Waals surface area (Å²) in [5.41, 5.74) is 5.37. The van der Waals surface area contributed by atoms with Crippen LogP contribution in [0.3, 0.4) is 0 Å². The summed E-state index contributed by atoms with van der Waals surface area (Å²) in [5.74, 6) is 1.17. The average Bonchev–Trinajstić information content (AvgIpc) is 3.01. The number of benzene rings is 4. The minimum Gasteiger partial charge on any atom is -0.497 e. The Balaban J connectivity index is 1.73. The van der Waals surface area contributed by atoms with Crippen molar-refractivity contribution in [3.05, 3.63) is 132 Å². The minimum absolute atomic E-state index is 0.0704. The molecular formula is C33H32N2O4. The molecule has 6 nitrogen and oxygen atoms in total. The largest absolute Gasteiger partial charge is 0.497 e. The standard InChI is InChI=1S/C33H32N2O4/c1-37-27-18-14-25(15-19-27)34-29-22-30(23-10-6-4-7-11-23)35(26-16-20-28(38-2)21-17-26)32(31(29)33(36)39-3)24-12-8-5-9-13-24/h4-21,30,32,34H,22H2,1-3H3. The van der Waals surface area contributed by atoms with Crippen molar-refractivity contribution in [2.75, 3.05) is 31.5 Å². The molecule has 0 aromatic heterocycles. The third-order valence-corrected chi connectivity index (χ3v) is 7.07. The van der Waals surface area contributed by atoms with Gasteiger partial charge >= 0.3 is 5.97 Å². The van der Waals surface area contributed by atoms with Crippen LogP contribution in [0, 0.1) is 0 Å². The highest BCUT2D eigenvalue weighted by molar-refractivity contribution is 5.93. The first-order valence-electron chi connectivity index (χ1n) is 12.9. The van der Waals surface area contributed by atoms with Crippen molar-refractivity contribution in [3.8, 4) is 11.5 Å². The van der Waals surface area contributed by atoms with Crippen LogP contribution < -0.4 is 19.7 Å². The highest BCUT2D eigenvalue weighted by Crippen LogP contribution is 2.48. The maximum Gasteiger partial charge on any atom is 0.337 e. The maximum absolute atomic E-state index is 13.6. The molecule has 1 aliphatic heterocycles. The van der Waals surface area contributed by atoms with E-state index in [-0.39, 0.29) is 12.0 Å². The van der Waals surface area contributed by atoms with Crippen LogP contribution in [-0.2, 0) is 9.53 Å². The van der Waals surface area contributed by atoms with Gasteiger partial charge in [0.25, 0.3) is 0 Å². The third-order valence-electron chi connectivity index (χ3n) is 7.07. The fourth-order valence-electron chi connectivity index (χ4n) is 5.20. The van der Waals surface area contributed by atoms with Gasteiger partial charge in [0.2, 0.25) is 0 Å². The van der Waals surface area contributed by atoms with Crippen LogP contribution in [0.5, 0.6) is 11.5 Å². The summed E-state index contributed by atoms with van der Waals surface area (Å²) in [7, 11) is 4.73. The molecule has 0 fully saturated rings. The molecule has 0 aliphatic carbocycles. The Morgan fingerprint density at radius 2 is 1.26 bits per heavy atom. The highest BCUT2D eigenvalue weighted by Gasteiger charge is 2.41. The molecule has 2 unspecified atom stereocenters. The van der Waals surface area contributed by atoms with E-state index in [0.717, 1.165) is 39.7 Å². The molecule has 0 amide bonds. The summed E-state index contributed by atoms with van der Waals surface area (Å²) in [5, 5.41) is 3.56. The van der Waals surface area contributed by atoms with Gasteiger partial charge in [-0.2, -0.15) is 0 Å². The predicted molar refractivity (Wildman–Crippen MR) is 154 cm³/mol. The summed E-state index contributed by atoms with van der Waals surface area (Å²) in [4.78, 5) is 15.9. The number of hydrogen-bond donors (Lipinski definition) is 1. The van der Waals surface area contributed by atoms with E-state index in [0.29, 0.717) is 12.0 Å². The van der Waals surface area contributed by atoms with E-state index in [2.05, 4.69) is 46.6 Å². The first kappa shape index (κ1) is 25.9. The summed E-state index contributed by atoms with van der Waals surface area (Å²) >= 11 is 0. The Morgan fingerprint density at radius 3 is 1.79 bits per heavy atom. The van der Waals surface area contributed by atoms with Crippen molar-refractivity contribution in [1.29, 1.82) is 0 Å². The summed E-state index contributed by atoms with van der Waals surface area (Å²) in [6.45, 7) is 0. The summed E-state index contributed by atoms with van der Waals surface area (Å²) in [6, 6.07) is 35.7. The van der Waals surface area contributed by atoms with E-state index >= 15 is 0 Å². The molecule has 39 heavy (non-hydrogen) atoms. The Morgan fingerprint density at radius 1 is 0.718 bits per heavy atom.